The van der Waals surface area contributed by atoms with E-state index >= 15 is 0 Å². The van der Waals surface area contributed by atoms with Gasteiger partial charge in [-0.15, -0.1) is 8.80 Å². The molecule has 0 saturated carbocycles. The van der Waals surface area contributed by atoms with E-state index in [9.17, 15) is 16.8 Å². The number of amidine groups is 2. The van der Waals surface area contributed by atoms with Crippen LogP contribution in [0, 0.1) is 13.8 Å². The first-order valence-corrected chi connectivity index (χ1v) is 14.5. The summed E-state index contributed by atoms with van der Waals surface area (Å²) in [4.78, 5) is -0.0909. The molecule has 194 valence electrons. The molecule has 0 aromatic heterocycles. The lowest BCUT2D eigenvalue weighted by molar-refractivity contribution is 0.596. The van der Waals surface area contributed by atoms with E-state index in [0.29, 0.717) is 11.4 Å². The predicted molar refractivity (Wildman–Crippen MR) is 152 cm³/mol. The largest absolute Gasteiger partial charge is 0.336 e. The lowest BCUT2D eigenvalue weighted by Crippen LogP contribution is -2.32. The Bertz CT molecular complexity index is 1540. The number of sulfonamides is 2. The van der Waals surface area contributed by atoms with Crippen LogP contribution in [0.1, 0.15) is 11.1 Å². The summed E-state index contributed by atoms with van der Waals surface area (Å²) in [6.07, 6.45) is 0. The predicted octanol–water partition coefficient (Wildman–Crippen LogP) is 5.40. The Labute approximate surface area is 222 Å². The van der Waals surface area contributed by atoms with E-state index in [1.165, 1.54) is 24.3 Å². The van der Waals surface area contributed by atoms with Crippen molar-refractivity contribution in [1.29, 1.82) is 0 Å². The van der Waals surface area contributed by atoms with E-state index in [0.717, 1.165) is 11.1 Å². The van der Waals surface area contributed by atoms with Gasteiger partial charge in [-0.1, -0.05) is 71.8 Å². The molecule has 0 fully saturated rings. The fraction of sp³-hybridized carbons (Fsp3) is 0.0714. The van der Waals surface area contributed by atoms with Crippen molar-refractivity contribution >= 4 is 43.1 Å². The van der Waals surface area contributed by atoms with Gasteiger partial charge in [-0.2, -0.15) is 16.8 Å². The zero-order valence-electron chi connectivity index (χ0n) is 20.7. The normalized spacial score (nSPS) is 12.7. The number of hydrogen-bond acceptors (Lipinski definition) is 4. The fourth-order valence-electron chi connectivity index (χ4n) is 3.33. The molecule has 0 bridgehead atoms. The van der Waals surface area contributed by atoms with Crippen molar-refractivity contribution in [3.63, 3.8) is 0 Å². The average molecular weight is 547 g/mol. The van der Waals surface area contributed by atoms with Gasteiger partial charge in [0.2, 0.25) is 0 Å². The van der Waals surface area contributed by atoms with Crippen molar-refractivity contribution in [1.82, 2.24) is 0 Å². The number of nitrogens with one attached hydrogen (secondary N) is 2. The molecular formula is C28H26N4O4S2. The van der Waals surface area contributed by atoms with Crippen molar-refractivity contribution in [2.24, 2.45) is 8.80 Å². The van der Waals surface area contributed by atoms with Crippen molar-refractivity contribution < 1.29 is 16.8 Å². The molecule has 0 aliphatic carbocycles. The molecule has 4 aromatic rings. The van der Waals surface area contributed by atoms with Gasteiger partial charge in [0.15, 0.2) is 11.7 Å². The third-order valence-electron chi connectivity index (χ3n) is 5.36. The molecule has 38 heavy (non-hydrogen) atoms. The maximum Gasteiger partial charge on any atom is 0.284 e. The van der Waals surface area contributed by atoms with Crippen LogP contribution in [0.5, 0.6) is 0 Å². The van der Waals surface area contributed by atoms with Crippen LogP contribution in [0.3, 0.4) is 0 Å². The minimum Gasteiger partial charge on any atom is -0.336 e. The third kappa shape index (κ3) is 6.93. The maximum absolute atomic E-state index is 13.3. The highest BCUT2D eigenvalue weighted by atomic mass is 32.2. The van der Waals surface area contributed by atoms with Gasteiger partial charge in [0.1, 0.15) is 0 Å². The van der Waals surface area contributed by atoms with Crippen LogP contribution in [0.2, 0.25) is 0 Å². The molecule has 0 radical (unpaired) electrons. The van der Waals surface area contributed by atoms with Crippen molar-refractivity contribution in [3.8, 4) is 0 Å². The maximum atomic E-state index is 13.3. The van der Waals surface area contributed by atoms with Crippen LogP contribution in [0.4, 0.5) is 11.4 Å². The first-order chi connectivity index (χ1) is 18.1. The Kier molecular flexibility index (Phi) is 8.04. The van der Waals surface area contributed by atoms with E-state index in [-0.39, 0.29) is 21.5 Å². The van der Waals surface area contributed by atoms with Crippen LogP contribution in [-0.4, -0.2) is 28.5 Å². The van der Waals surface area contributed by atoms with Crippen LogP contribution < -0.4 is 10.6 Å². The molecule has 0 aliphatic heterocycles. The number of nitrogens with zero attached hydrogens (tertiary/aromatic N) is 2. The number of para-hydroxylation sites is 2. The Morgan fingerprint density at radius 3 is 1.13 bits per heavy atom. The second-order valence-electron chi connectivity index (χ2n) is 8.44. The summed E-state index contributed by atoms with van der Waals surface area (Å²) in [7, 11) is -8.50. The smallest absolute Gasteiger partial charge is 0.284 e. The summed E-state index contributed by atoms with van der Waals surface area (Å²) in [6.45, 7) is 3.68. The van der Waals surface area contributed by atoms with Gasteiger partial charge >= 0.3 is 0 Å². The van der Waals surface area contributed by atoms with E-state index in [2.05, 4.69) is 19.4 Å². The van der Waals surface area contributed by atoms with E-state index in [1.807, 2.05) is 13.8 Å². The van der Waals surface area contributed by atoms with Gasteiger partial charge in [0.25, 0.3) is 20.0 Å². The standard InChI is InChI=1S/C28H26N4O4S2/c1-21-13-17-25(18-14-21)37(33,34)31-27(29-23-9-5-3-6-10-23)28(30-24-11-7-4-8-12-24)32-38(35,36)26-19-15-22(2)16-20-26/h3-20H,1-2H3,(H,29,31)(H,30,32). The van der Waals surface area contributed by atoms with Gasteiger partial charge in [-0.3, -0.25) is 0 Å². The second kappa shape index (κ2) is 11.4. The van der Waals surface area contributed by atoms with E-state index < -0.39 is 20.0 Å². The second-order valence-corrected chi connectivity index (χ2v) is 11.6. The molecule has 4 rings (SSSR count). The summed E-state index contributed by atoms with van der Waals surface area (Å²) in [5.74, 6) is -0.590. The average Bonchev–Trinajstić information content (AvgIpc) is 2.89. The van der Waals surface area contributed by atoms with Crippen LogP contribution in [0.15, 0.2) is 128 Å². The summed E-state index contributed by atoms with van der Waals surface area (Å²) < 4.78 is 61.3. The van der Waals surface area contributed by atoms with Gasteiger partial charge in [-0.05, 0) is 62.4 Å². The molecule has 0 spiro atoms. The molecule has 4 aromatic carbocycles. The highest BCUT2D eigenvalue weighted by Crippen LogP contribution is 2.18. The molecule has 0 amide bonds. The van der Waals surface area contributed by atoms with Crippen LogP contribution in [0.25, 0.3) is 0 Å². The summed E-state index contributed by atoms with van der Waals surface area (Å²) in [5, 5.41) is 5.87. The molecular weight excluding hydrogens is 520 g/mol. The fourth-order valence-corrected chi connectivity index (χ4v) is 5.25. The number of hydrogen-bond donors (Lipinski definition) is 2. The molecule has 2 N–H and O–H groups in total. The van der Waals surface area contributed by atoms with Crippen molar-refractivity contribution in [3.05, 3.63) is 120 Å². The lowest BCUT2D eigenvalue weighted by Gasteiger charge is -2.15. The Balaban J connectivity index is 1.90. The quantitative estimate of drug-likeness (QED) is 0.247. The molecule has 0 aliphatic rings. The number of rotatable bonds is 6. The third-order valence-corrected chi connectivity index (χ3v) is 7.94. The summed E-state index contributed by atoms with van der Waals surface area (Å²) in [5.41, 5.74) is 2.74. The van der Waals surface area contributed by atoms with Gasteiger partial charge in [0.05, 0.1) is 9.79 Å². The number of aryl methyl sites for hydroxylation is 2. The molecule has 0 saturated heterocycles. The SMILES string of the molecule is Cc1ccc(S(=O)(=O)/N=C(Nc2ccccc2)/C(=N\S(=O)(=O)c2ccc(C)cc2)Nc2ccccc2)cc1. The summed E-state index contributed by atoms with van der Waals surface area (Å²) in [6, 6.07) is 29.8. The zero-order valence-corrected chi connectivity index (χ0v) is 22.4. The summed E-state index contributed by atoms with van der Waals surface area (Å²) >= 11 is 0. The Morgan fingerprint density at radius 2 is 0.816 bits per heavy atom. The number of benzene rings is 4. The van der Waals surface area contributed by atoms with Gasteiger partial charge < -0.3 is 10.6 Å². The molecule has 0 atom stereocenters. The number of anilines is 2. The van der Waals surface area contributed by atoms with E-state index in [4.69, 9.17) is 0 Å². The van der Waals surface area contributed by atoms with Gasteiger partial charge in [0, 0.05) is 11.4 Å². The van der Waals surface area contributed by atoms with Crippen LogP contribution in [-0.2, 0) is 20.0 Å². The Hall–Kier alpha value is -4.28. The minimum absolute atomic E-state index is 0.0454. The highest BCUT2D eigenvalue weighted by Gasteiger charge is 2.22. The molecule has 0 heterocycles. The monoisotopic (exact) mass is 546 g/mol. The topological polar surface area (TPSA) is 117 Å². The molecule has 8 nitrogen and oxygen atoms in total. The highest BCUT2D eigenvalue weighted by molar-refractivity contribution is 7.91. The first kappa shape index (κ1) is 26.8. The van der Waals surface area contributed by atoms with Gasteiger partial charge in [-0.25, -0.2) is 0 Å². The first-order valence-electron chi connectivity index (χ1n) is 11.6. The minimum atomic E-state index is -4.25. The van der Waals surface area contributed by atoms with Crippen molar-refractivity contribution in [2.45, 2.75) is 23.6 Å². The van der Waals surface area contributed by atoms with Crippen molar-refractivity contribution in [2.75, 3.05) is 10.6 Å². The van der Waals surface area contributed by atoms with E-state index in [1.54, 1.807) is 84.9 Å². The lowest BCUT2D eigenvalue weighted by atomic mass is 10.2. The molecule has 10 heteroatoms. The zero-order chi connectivity index (χ0) is 27.2. The Morgan fingerprint density at radius 1 is 0.500 bits per heavy atom. The molecule has 0 unspecified atom stereocenters. The van der Waals surface area contributed by atoms with Crippen LogP contribution >= 0.6 is 0 Å².